The maximum Gasteiger partial charge on any atom is 0.307 e. The number of methoxy groups -OCH3 is 1. The summed E-state index contributed by atoms with van der Waals surface area (Å²) >= 11 is 0. The molecular weight excluding hydrogens is 220 g/mol. The highest BCUT2D eigenvalue weighted by Crippen LogP contribution is 2.21. The van der Waals surface area contributed by atoms with Gasteiger partial charge in [0.05, 0.1) is 13.5 Å². The summed E-state index contributed by atoms with van der Waals surface area (Å²) in [7, 11) is 1.40. The lowest BCUT2D eigenvalue weighted by Crippen LogP contribution is -2.45. The number of nitrogens with two attached hydrogens (primary N) is 1. The van der Waals surface area contributed by atoms with Gasteiger partial charge in [-0.15, -0.1) is 0 Å². The van der Waals surface area contributed by atoms with Gasteiger partial charge in [-0.05, 0) is 19.4 Å². The standard InChI is InChI=1S/C12H22N2O3/c1-9(12(13)16)8-14-6-4-3-5-10(14)7-11(15)17-2/h9-10H,3-8H2,1-2H3,(H2,13,16). The van der Waals surface area contributed by atoms with E-state index in [1.165, 1.54) is 7.11 Å². The van der Waals surface area contributed by atoms with Crippen LogP contribution < -0.4 is 5.73 Å². The molecule has 0 aromatic rings. The number of primary amides is 1. The lowest BCUT2D eigenvalue weighted by molar-refractivity contribution is -0.142. The Bertz CT molecular complexity index is 281. The molecule has 0 bridgehead atoms. The predicted molar refractivity (Wildman–Crippen MR) is 64.2 cm³/mol. The molecule has 2 N–H and O–H groups in total. The van der Waals surface area contributed by atoms with Gasteiger partial charge in [-0.25, -0.2) is 0 Å². The van der Waals surface area contributed by atoms with Gasteiger partial charge in [-0.2, -0.15) is 0 Å². The Balaban J connectivity index is 2.53. The zero-order valence-electron chi connectivity index (χ0n) is 10.6. The van der Waals surface area contributed by atoms with Crippen LogP contribution in [0.4, 0.5) is 0 Å². The van der Waals surface area contributed by atoms with Crippen LogP contribution in [-0.2, 0) is 14.3 Å². The number of ether oxygens (including phenoxy) is 1. The molecule has 1 rings (SSSR count). The van der Waals surface area contributed by atoms with Crippen molar-refractivity contribution in [3.8, 4) is 0 Å². The number of carbonyl (C=O) groups excluding carboxylic acids is 2. The van der Waals surface area contributed by atoms with E-state index in [-0.39, 0.29) is 23.8 Å². The molecule has 1 amide bonds. The van der Waals surface area contributed by atoms with Crippen LogP contribution in [0.25, 0.3) is 0 Å². The molecular formula is C12H22N2O3. The van der Waals surface area contributed by atoms with Crippen molar-refractivity contribution in [3.05, 3.63) is 0 Å². The van der Waals surface area contributed by atoms with Crippen LogP contribution in [0.1, 0.15) is 32.6 Å². The Morgan fingerprint density at radius 2 is 2.18 bits per heavy atom. The van der Waals surface area contributed by atoms with Gasteiger partial charge >= 0.3 is 5.97 Å². The SMILES string of the molecule is COC(=O)CC1CCCCN1CC(C)C(N)=O. The van der Waals surface area contributed by atoms with E-state index in [4.69, 9.17) is 10.5 Å². The van der Waals surface area contributed by atoms with Gasteiger partial charge < -0.3 is 10.5 Å². The minimum Gasteiger partial charge on any atom is -0.469 e. The highest BCUT2D eigenvalue weighted by atomic mass is 16.5. The molecule has 0 saturated carbocycles. The van der Waals surface area contributed by atoms with Crippen molar-refractivity contribution in [3.63, 3.8) is 0 Å². The normalized spacial score (nSPS) is 23.1. The fourth-order valence-electron chi connectivity index (χ4n) is 2.25. The number of esters is 1. The molecule has 0 aromatic carbocycles. The summed E-state index contributed by atoms with van der Waals surface area (Å²) in [6.45, 7) is 3.39. The molecule has 2 atom stereocenters. The zero-order valence-corrected chi connectivity index (χ0v) is 10.6. The fourth-order valence-corrected chi connectivity index (χ4v) is 2.25. The molecule has 5 nitrogen and oxygen atoms in total. The van der Waals surface area contributed by atoms with Crippen molar-refractivity contribution in [1.29, 1.82) is 0 Å². The largest absolute Gasteiger partial charge is 0.469 e. The lowest BCUT2D eigenvalue weighted by Gasteiger charge is -2.36. The molecule has 17 heavy (non-hydrogen) atoms. The Morgan fingerprint density at radius 3 is 2.76 bits per heavy atom. The van der Waals surface area contributed by atoms with E-state index >= 15 is 0 Å². The number of likely N-dealkylation sites (tertiary alicyclic amines) is 1. The maximum absolute atomic E-state index is 11.3. The van der Waals surface area contributed by atoms with Gasteiger partial charge in [-0.3, -0.25) is 14.5 Å². The monoisotopic (exact) mass is 242 g/mol. The first-order valence-electron chi connectivity index (χ1n) is 6.14. The minimum atomic E-state index is -0.285. The van der Waals surface area contributed by atoms with Crippen molar-refractivity contribution in [2.45, 2.75) is 38.6 Å². The summed E-state index contributed by atoms with van der Waals surface area (Å²) in [5.41, 5.74) is 5.27. The second-order valence-electron chi connectivity index (χ2n) is 4.73. The quantitative estimate of drug-likeness (QED) is 0.714. The highest BCUT2D eigenvalue weighted by molar-refractivity contribution is 5.76. The molecule has 1 fully saturated rings. The van der Waals surface area contributed by atoms with Crippen molar-refractivity contribution in [2.75, 3.05) is 20.2 Å². The molecule has 1 aliphatic heterocycles. The van der Waals surface area contributed by atoms with Crippen LogP contribution in [-0.4, -0.2) is 43.0 Å². The maximum atomic E-state index is 11.3. The minimum absolute atomic E-state index is 0.173. The molecule has 1 saturated heterocycles. The molecule has 5 heteroatoms. The summed E-state index contributed by atoms with van der Waals surface area (Å²) < 4.78 is 4.70. The summed E-state index contributed by atoms with van der Waals surface area (Å²) in [6, 6.07) is 0.193. The number of piperidine rings is 1. The fraction of sp³-hybridized carbons (Fsp3) is 0.833. The number of rotatable bonds is 5. The van der Waals surface area contributed by atoms with E-state index in [0.717, 1.165) is 25.8 Å². The van der Waals surface area contributed by atoms with E-state index < -0.39 is 0 Å². The number of amides is 1. The molecule has 98 valence electrons. The van der Waals surface area contributed by atoms with Crippen LogP contribution in [0.15, 0.2) is 0 Å². The summed E-state index contributed by atoms with van der Waals surface area (Å²) in [5.74, 6) is -0.644. The van der Waals surface area contributed by atoms with Crippen molar-refractivity contribution in [1.82, 2.24) is 4.90 Å². The molecule has 0 spiro atoms. The average Bonchev–Trinajstić information content (AvgIpc) is 2.31. The van der Waals surface area contributed by atoms with Gasteiger partial charge in [0.2, 0.25) is 5.91 Å². The van der Waals surface area contributed by atoms with E-state index in [1.807, 2.05) is 6.92 Å². The summed E-state index contributed by atoms with van der Waals surface area (Å²) in [6.07, 6.45) is 3.63. The number of hydrogen-bond donors (Lipinski definition) is 1. The first-order valence-corrected chi connectivity index (χ1v) is 6.14. The van der Waals surface area contributed by atoms with Crippen molar-refractivity contribution >= 4 is 11.9 Å². The van der Waals surface area contributed by atoms with E-state index in [9.17, 15) is 9.59 Å². The van der Waals surface area contributed by atoms with Crippen LogP contribution in [0.3, 0.4) is 0 Å². The van der Waals surface area contributed by atoms with Crippen molar-refractivity contribution in [2.24, 2.45) is 11.7 Å². The summed E-state index contributed by atoms with van der Waals surface area (Å²) in [5, 5.41) is 0. The lowest BCUT2D eigenvalue weighted by atomic mass is 9.97. The van der Waals surface area contributed by atoms with Gasteiger partial charge in [0.1, 0.15) is 0 Å². The third kappa shape index (κ3) is 4.34. The third-order valence-electron chi connectivity index (χ3n) is 3.37. The molecule has 0 radical (unpaired) electrons. The van der Waals surface area contributed by atoms with Crippen LogP contribution in [0.2, 0.25) is 0 Å². The Labute approximate surface area is 102 Å². The molecule has 1 heterocycles. The first-order chi connectivity index (χ1) is 8.04. The second kappa shape index (κ2) is 6.59. The second-order valence-corrected chi connectivity index (χ2v) is 4.73. The molecule has 1 aliphatic rings. The predicted octanol–water partition coefficient (Wildman–Crippen LogP) is 0.525. The number of hydrogen-bond acceptors (Lipinski definition) is 4. The molecule has 0 aliphatic carbocycles. The van der Waals surface area contributed by atoms with Gasteiger partial charge in [0.25, 0.3) is 0 Å². The first kappa shape index (κ1) is 14.0. The van der Waals surface area contributed by atoms with E-state index in [2.05, 4.69) is 4.90 Å². The molecule has 2 unspecified atom stereocenters. The molecule has 0 aromatic heterocycles. The van der Waals surface area contributed by atoms with Crippen LogP contribution >= 0.6 is 0 Å². The van der Waals surface area contributed by atoms with E-state index in [1.54, 1.807) is 0 Å². The summed E-state index contributed by atoms with van der Waals surface area (Å²) in [4.78, 5) is 24.6. The smallest absolute Gasteiger partial charge is 0.307 e. The van der Waals surface area contributed by atoms with Gasteiger partial charge in [0.15, 0.2) is 0 Å². The Kier molecular flexibility index (Phi) is 5.41. The number of carbonyl (C=O) groups is 2. The van der Waals surface area contributed by atoms with Gasteiger partial charge in [-0.1, -0.05) is 13.3 Å². The van der Waals surface area contributed by atoms with Crippen molar-refractivity contribution < 1.29 is 14.3 Å². The average molecular weight is 242 g/mol. The third-order valence-corrected chi connectivity index (χ3v) is 3.37. The van der Waals surface area contributed by atoms with Crippen LogP contribution in [0.5, 0.6) is 0 Å². The Hall–Kier alpha value is -1.10. The zero-order chi connectivity index (χ0) is 12.8. The highest BCUT2D eigenvalue weighted by Gasteiger charge is 2.27. The topological polar surface area (TPSA) is 72.6 Å². The van der Waals surface area contributed by atoms with E-state index in [0.29, 0.717) is 13.0 Å². The van der Waals surface area contributed by atoms with Gasteiger partial charge in [0, 0.05) is 18.5 Å². The number of nitrogens with zero attached hydrogens (tertiary/aromatic N) is 1. The Morgan fingerprint density at radius 1 is 1.47 bits per heavy atom. The van der Waals surface area contributed by atoms with Crippen LogP contribution in [0, 0.1) is 5.92 Å².